The summed E-state index contributed by atoms with van der Waals surface area (Å²) in [6.45, 7) is 6.13. The van der Waals surface area contributed by atoms with Crippen molar-refractivity contribution >= 4 is 23.3 Å². The molecule has 0 aliphatic rings. The van der Waals surface area contributed by atoms with E-state index in [1.54, 1.807) is 16.9 Å². The van der Waals surface area contributed by atoms with Gasteiger partial charge in [-0.1, -0.05) is 48.4 Å². The lowest BCUT2D eigenvalue weighted by molar-refractivity contribution is 0.101. The first-order chi connectivity index (χ1) is 12.5. The molecular weight excluding hydrogens is 350 g/mol. The number of ketones is 1. The number of aryl methyl sites for hydroxylation is 1. The van der Waals surface area contributed by atoms with Crippen LogP contribution >= 0.6 is 11.6 Å². The summed E-state index contributed by atoms with van der Waals surface area (Å²) in [5.41, 5.74) is 3.73. The summed E-state index contributed by atoms with van der Waals surface area (Å²) in [7, 11) is 0. The van der Waals surface area contributed by atoms with Crippen LogP contribution in [0.2, 0.25) is 5.15 Å². The average molecular weight is 370 g/mol. The highest BCUT2D eigenvalue weighted by molar-refractivity contribution is 6.29. The Bertz CT molecular complexity index is 934. The normalized spacial score (nSPS) is 10.8. The zero-order chi connectivity index (χ0) is 18.7. The predicted octanol–water partition coefficient (Wildman–Crippen LogP) is 4.00. The lowest BCUT2D eigenvalue weighted by Gasteiger charge is -2.10. The van der Waals surface area contributed by atoms with Crippen molar-refractivity contribution in [3.63, 3.8) is 0 Å². The van der Waals surface area contributed by atoms with Crippen LogP contribution in [0.5, 0.6) is 0 Å². The molecule has 0 aliphatic heterocycles. The highest BCUT2D eigenvalue weighted by atomic mass is 35.5. The lowest BCUT2D eigenvalue weighted by Crippen LogP contribution is -2.10. The molecule has 134 valence electrons. The van der Waals surface area contributed by atoms with Gasteiger partial charge in [-0.15, -0.1) is 0 Å². The van der Waals surface area contributed by atoms with Crippen LogP contribution in [0.4, 0.5) is 5.95 Å². The van der Waals surface area contributed by atoms with E-state index >= 15 is 0 Å². The van der Waals surface area contributed by atoms with E-state index in [4.69, 9.17) is 11.6 Å². The van der Waals surface area contributed by atoms with E-state index < -0.39 is 0 Å². The highest BCUT2D eigenvalue weighted by Gasteiger charge is 2.16. The Morgan fingerprint density at radius 1 is 1.23 bits per heavy atom. The van der Waals surface area contributed by atoms with Gasteiger partial charge in [0, 0.05) is 12.6 Å². The number of Topliss-reactive ketones (excluding diaryl/α,β-unsaturated/α-hetero) is 1. The molecule has 0 atom stereocenters. The fourth-order valence-electron chi connectivity index (χ4n) is 2.69. The molecule has 0 fully saturated rings. The Labute approximate surface area is 157 Å². The molecule has 2 heterocycles. The number of anilines is 1. The molecule has 1 N–H and O–H groups in total. The summed E-state index contributed by atoms with van der Waals surface area (Å²) >= 11 is 6.17. The average Bonchev–Trinajstić information content (AvgIpc) is 3.05. The quantitative estimate of drug-likeness (QED) is 0.525. The molecule has 0 saturated carbocycles. The van der Waals surface area contributed by atoms with Crippen molar-refractivity contribution in [2.24, 2.45) is 0 Å². The second kappa shape index (κ2) is 7.66. The zero-order valence-corrected chi connectivity index (χ0v) is 15.7. The van der Waals surface area contributed by atoms with E-state index in [2.05, 4.69) is 44.6 Å². The van der Waals surface area contributed by atoms with Crippen LogP contribution in [-0.2, 0) is 13.0 Å². The maximum atomic E-state index is 11.8. The largest absolute Gasteiger partial charge is 0.350 e. The molecule has 0 aliphatic carbocycles. The van der Waals surface area contributed by atoms with Gasteiger partial charge in [-0.3, -0.25) is 4.79 Å². The minimum Gasteiger partial charge on any atom is -0.350 e. The van der Waals surface area contributed by atoms with Crippen molar-refractivity contribution in [3.8, 4) is 5.82 Å². The molecule has 0 unspecified atom stereocenters. The van der Waals surface area contributed by atoms with Crippen LogP contribution in [0.25, 0.3) is 5.82 Å². The third-order valence-electron chi connectivity index (χ3n) is 4.05. The standard InChI is InChI=1S/C19H20ClN5O/c1-4-16-15(13(3)26)11-22-25(16)18-9-17(20)23-19(24-18)21-10-14-7-5-12(2)6-8-14/h5-9,11H,4,10H2,1-3H3,(H,21,23,24). The Hall–Kier alpha value is -2.73. The number of halogens is 1. The molecule has 0 amide bonds. The molecule has 3 rings (SSSR count). The Kier molecular flexibility index (Phi) is 5.32. The van der Waals surface area contributed by atoms with Gasteiger partial charge in [0.05, 0.1) is 17.5 Å². The van der Waals surface area contributed by atoms with Gasteiger partial charge in [-0.2, -0.15) is 10.1 Å². The number of rotatable bonds is 6. The Morgan fingerprint density at radius 2 is 1.96 bits per heavy atom. The number of nitrogens with zero attached hydrogens (tertiary/aromatic N) is 4. The summed E-state index contributed by atoms with van der Waals surface area (Å²) in [5, 5.41) is 7.80. The molecule has 7 heteroatoms. The molecule has 0 radical (unpaired) electrons. The predicted molar refractivity (Wildman–Crippen MR) is 102 cm³/mol. The van der Waals surface area contributed by atoms with E-state index in [0.29, 0.717) is 35.4 Å². The highest BCUT2D eigenvalue weighted by Crippen LogP contribution is 2.19. The summed E-state index contributed by atoms with van der Waals surface area (Å²) < 4.78 is 1.64. The maximum absolute atomic E-state index is 11.8. The zero-order valence-electron chi connectivity index (χ0n) is 15.0. The SMILES string of the molecule is CCc1c(C(C)=O)cnn1-c1cc(Cl)nc(NCc2ccc(C)cc2)n1. The topological polar surface area (TPSA) is 72.7 Å². The number of nitrogens with one attached hydrogen (secondary N) is 1. The van der Waals surface area contributed by atoms with Gasteiger partial charge >= 0.3 is 0 Å². The Morgan fingerprint density at radius 3 is 2.62 bits per heavy atom. The first-order valence-corrected chi connectivity index (χ1v) is 8.78. The summed E-state index contributed by atoms with van der Waals surface area (Å²) in [6, 6.07) is 9.85. The van der Waals surface area contributed by atoms with Gasteiger partial charge < -0.3 is 5.32 Å². The van der Waals surface area contributed by atoms with Gasteiger partial charge in [0.15, 0.2) is 11.6 Å². The number of aromatic nitrogens is 4. The van der Waals surface area contributed by atoms with Crippen molar-refractivity contribution in [2.75, 3.05) is 5.32 Å². The van der Waals surface area contributed by atoms with Crippen LogP contribution in [0, 0.1) is 6.92 Å². The van der Waals surface area contributed by atoms with Crippen molar-refractivity contribution in [1.82, 2.24) is 19.7 Å². The summed E-state index contributed by atoms with van der Waals surface area (Å²) in [6.07, 6.45) is 2.22. The molecule has 0 saturated heterocycles. The second-order valence-electron chi connectivity index (χ2n) is 6.04. The van der Waals surface area contributed by atoms with Gasteiger partial charge in [-0.05, 0) is 25.8 Å². The molecule has 0 spiro atoms. The van der Waals surface area contributed by atoms with E-state index in [0.717, 1.165) is 11.3 Å². The van der Waals surface area contributed by atoms with Gasteiger partial charge in [0.2, 0.25) is 5.95 Å². The van der Waals surface area contributed by atoms with Gasteiger partial charge in [-0.25, -0.2) is 9.67 Å². The van der Waals surface area contributed by atoms with Crippen LogP contribution < -0.4 is 5.32 Å². The lowest BCUT2D eigenvalue weighted by atomic mass is 10.1. The maximum Gasteiger partial charge on any atom is 0.226 e. The van der Waals surface area contributed by atoms with Gasteiger partial charge in [0.1, 0.15) is 5.15 Å². The first-order valence-electron chi connectivity index (χ1n) is 8.40. The molecule has 6 nitrogen and oxygen atoms in total. The van der Waals surface area contributed by atoms with E-state index in [1.807, 2.05) is 13.8 Å². The third kappa shape index (κ3) is 3.91. The Balaban J connectivity index is 1.88. The molecule has 2 aromatic heterocycles. The number of hydrogen-bond acceptors (Lipinski definition) is 5. The monoisotopic (exact) mass is 369 g/mol. The third-order valence-corrected chi connectivity index (χ3v) is 4.25. The number of carbonyl (C=O) groups is 1. The van der Waals surface area contributed by atoms with Crippen LogP contribution in [-0.4, -0.2) is 25.5 Å². The summed E-state index contributed by atoms with van der Waals surface area (Å²) in [5.74, 6) is 0.918. The molecular formula is C19H20ClN5O. The van der Waals surface area contributed by atoms with Gasteiger partial charge in [0.25, 0.3) is 0 Å². The molecule has 1 aromatic carbocycles. The molecule has 3 aromatic rings. The number of hydrogen-bond donors (Lipinski definition) is 1. The molecule has 0 bridgehead atoms. The fourth-order valence-corrected chi connectivity index (χ4v) is 2.86. The first kappa shape index (κ1) is 18.1. The van der Waals surface area contributed by atoms with Crippen LogP contribution in [0.1, 0.15) is 41.0 Å². The van der Waals surface area contributed by atoms with E-state index in [9.17, 15) is 4.79 Å². The van der Waals surface area contributed by atoms with Crippen LogP contribution in [0.3, 0.4) is 0 Å². The van der Waals surface area contributed by atoms with E-state index in [-0.39, 0.29) is 5.78 Å². The minimum absolute atomic E-state index is 0.0222. The van der Waals surface area contributed by atoms with E-state index in [1.165, 1.54) is 12.5 Å². The van der Waals surface area contributed by atoms with Crippen LogP contribution in [0.15, 0.2) is 36.5 Å². The second-order valence-corrected chi connectivity index (χ2v) is 6.43. The number of benzene rings is 1. The fraction of sp³-hybridized carbons (Fsp3) is 0.263. The number of carbonyl (C=O) groups excluding carboxylic acids is 1. The minimum atomic E-state index is -0.0222. The van der Waals surface area contributed by atoms with Crippen molar-refractivity contribution in [1.29, 1.82) is 0 Å². The van der Waals surface area contributed by atoms with Crippen molar-refractivity contribution < 1.29 is 4.79 Å². The van der Waals surface area contributed by atoms with Crippen molar-refractivity contribution in [2.45, 2.75) is 33.7 Å². The van der Waals surface area contributed by atoms with Crippen molar-refractivity contribution in [3.05, 3.63) is 64.1 Å². The molecule has 26 heavy (non-hydrogen) atoms. The summed E-state index contributed by atoms with van der Waals surface area (Å²) in [4.78, 5) is 20.5. The smallest absolute Gasteiger partial charge is 0.226 e.